The summed E-state index contributed by atoms with van der Waals surface area (Å²) in [5.41, 5.74) is 0. The highest BCUT2D eigenvalue weighted by molar-refractivity contribution is 4.95. The van der Waals surface area contributed by atoms with E-state index in [4.69, 9.17) is 0 Å². The van der Waals surface area contributed by atoms with E-state index in [1.807, 2.05) is 0 Å². The molecule has 2 saturated heterocycles. The van der Waals surface area contributed by atoms with E-state index < -0.39 is 0 Å². The SMILES string of the molecule is C[C@@H]1[C@H]2CCCCN2CN1C1CCCCC1. The minimum atomic E-state index is 0.823. The van der Waals surface area contributed by atoms with E-state index in [0.717, 1.165) is 18.1 Å². The first-order valence-corrected chi connectivity index (χ1v) is 7.36. The third-order valence-electron chi connectivity index (χ3n) is 5.13. The van der Waals surface area contributed by atoms with Gasteiger partial charge in [-0.05, 0) is 39.2 Å². The molecule has 2 heteroatoms. The number of fused-ring (bicyclic) bond motifs is 1. The normalized spacial score (nSPS) is 38.8. The van der Waals surface area contributed by atoms with Crippen LogP contribution in [0.4, 0.5) is 0 Å². The van der Waals surface area contributed by atoms with Crippen LogP contribution in [0, 0.1) is 0 Å². The van der Waals surface area contributed by atoms with Crippen molar-refractivity contribution in [2.24, 2.45) is 0 Å². The second kappa shape index (κ2) is 4.66. The molecule has 2 atom stereocenters. The van der Waals surface area contributed by atoms with Gasteiger partial charge in [0.1, 0.15) is 0 Å². The summed E-state index contributed by atoms with van der Waals surface area (Å²) in [7, 11) is 0. The van der Waals surface area contributed by atoms with Crippen molar-refractivity contribution in [1.29, 1.82) is 0 Å². The maximum Gasteiger partial charge on any atom is 0.0515 e. The van der Waals surface area contributed by atoms with Gasteiger partial charge in [-0.2, -0.15) is 0 Å². The van der Waals surface area contributed by atoms with Gasteiger partial charge >= 0.3 is 0 Å². The predicted octanol–water partition coefficient (Wildman–Crippen LogP) is 2.84. The van der Waals surface area contributed by atoms with Crippen molar-refractivity contribution in [3.63, 3.8) is 0 Å². The average Bonchev–Trinajstić information content (AvgIpc) is 2.69. The summed E-state index contributed by atoms with van der Waals surface area (Å²) in [5.74, 6) is 0. The molecule has 0 spiro atoms. The molecule has 16 heavy (non-hydrogen) atoms. The van der Waals surface area contributed by atoms with Crippen LogP contribution in [0.15, 0.2) is 0 Å². The van der Waals surface area contributed by atoms with Crippen molar-refractivity contribution < 1.29 is 0 Å². The van der Waals surface area contributed by atoms with Crippen LogP contribution < -0.4 is 0 Å². The molecular formula is C14H26N2. The smallest absolute Gasteiger partial charge is 0.0515 e. The molecule has 3 fully saturated rings. The molecule has 3 rings (SSSR count). The Bertz CT molecular complexity index is 235. The number of rotatable bonds is 1. The quantitative estimate of drug-likeness (QED) is 0.673. The second-order valence-corrected chi connectivity index (χ2v) is 6.06. The molecule has 0 aromatic heterocycles. The van der Waals surface area contributed by atoms with E-state index in [9.17, 15) is 0 Å². The Morgan fingerprint density at radius 3 is 2.38 bits per heavy atom. The van der Waals surface area contributed by atoms with Crippen LogP contribution in [0.25, 0.3) is 0 Å². The van der Waals surface area contributed by atoms with Crippen LogP contribution in [-0.4, -0.2) is 41.1 Å². The van der Waals surface area contributed by atoms with Crippen LogP contribution >= 0.6 is 0 Å². The highest BCUT2D eigenvalue weighted by Crippen LogP contribution is 2.33. The molecule has 0 unspecified atom stereocenters. The number of hydrogen-bond acceptors (Lipinski definition) is 2. The molecule has 92 valence electrons. The molecule has 0 aromatic rings. The number of hydrogen-bond donors (Lipinski definition) is 0. The molecule has 1 aliphatic carbocycles. The molecule has 2 heterocycles. The van der Waals surface area contributed by atoms with Crippen molar-refractivity contribution in [2.45, 2.75) is 76.4 Å². The maximum atomic E-state index is 2.83. The molecule has 0 bridgehead atoms. The van der Waals surface area contributed by atoms with Gasteiger partial charge in [-0.3, -0.25) is 9.80 Å². The summed E-state index contributed by atoms with van der Waals surface area (Å²) in [4.78, 5) is 5.58. The minimum absolute atomic E-state index is 0.823. The molecule has 0 radical (unpaired) electrons. The number of piperidine rings is 1. The minimum Gasteiger partial charge on any atom is -0.286 e. The molecule has 2 aliphatic heterocycles. The number of nitrogens with zero attached hydrogens (tertiary/aromatic N) is 2. The van der Waals surface area contributed by atoms with Crippen molar-refractivity contribution in [3.8, 4) is 0 Å². The zero-order chi connectivity index (χ0) is 11.0. The summed E-state index contributed by atoms with van der Waals surface area (Å²) in [6, 6.07) is 2.62. The van der Waals surface area contributed by atoms with Gasteiger partial charge < -0.3 is 0 Å². The Hall–Kier alpha value is -0.0800. The van der Waals surface area contributed by atoms with Crippen LogP contribution in [0.3, 0.4) is 0 Å². The van der Waals surface area contributed by atoms with Crippen LogP contribution in [0.1, 0.15) is 58.3 Å². The topological polar surface area (TPSA) is 6.48 Å². The molecule has 3 aliphatic rings. The van der Waals surface area contributed by atoms with Gasteiger partial charge in [0.05, 0.1) is 6.67 Å². The summed E-state index contributed by atoms with van der Waals surface area (Å²) < 4.78 is 0. The van der Waals surface area contributed by atoms with Gasteiger partial charge in [-0.15, -0.1) is 0 Å². The van der Waals surface area contributed by atoms with Gasteiger partial charge in [0, 0.05) is 18.1 Å². The third-order valence-corrected chi connectivity index (χ3v) is 5.13. The highest BCUT2D eigenvalue weighted by Gasteiger charge is 2.40. The van der Waals surface area contributed by atoms with Crippen LogP contribution in [0.5, 0.6) is 0 Å². The molecule has 0 aromatic carbocycles. The van der Waals surface area contributed by atoms with E-state index in [2.05, 4.69) is 16.7 Å². The third kappa shape index (κ3) is 1.91. The molecular weight excluding hydrogens is 196 g/mol. The molecule has 0 amide bonds. The van der Waals surface area contributed by atoms with Crippen molar-refractivity contribution >= 4 is 0 Å². The van der Waals surface area contributed by atoms with Crippen molar-refractivity contribution in [2.75, 3.05) is 13.2 Å². The maximum absolute atomic E-state index is 2.83. The van der Waals surface area contributed by atoms with Crippen molar-refractivity contribution in [1.82, 2.24) is 9.80 Å². The first-order chi connectivity index (χ1) is 7.86. The fourth-order valence-corrected chi connectivity index (χ4v) is 4.16. The highest BCUT2D eigenvalue weighted by atomic mass is 15.4. The average molecular weight is 222 g/mol. The zero-order valence-electron chi connectivity index (χ0n) is 10.7. The van der Waals surface area contributed by atoms with Gasteiger partial charge in [-0.1, -0.05) is 25.7 Å². The Kier molecular flexibility index (Phi) is 3.21. The predicted molar refractivity (Wildman–Crippen MR) is 67.4 cm³/mol. The Labute approximate surface area is 100.0 Å². The fraction of sp³-hybridized carbons (Fsp3) is 1.00. The molecule has 1 saturated carbocycles. The monoisotopic (exact) mass is 222 g/mol. The lowest BCUT2D eigenvalue weighted by atomic mass is 9.92. The van der Waals surface area contributed by atoms with E-state index >= 15 is 0 Å². The zero-order valence-corrected chi connectivity index (χ0v) is 10.7. The van der Waals surface area contributed by atoms with E-state index in [0.29, 0.717) is 0 Å². The van der Waals surface area contributed by atoms with Gasteiger partial charge in [0.2, 0.25) is 0 Å². The first-order valence-electron chi connectivity index (χ1n) is 7.36. The summed E-state index contributed by atoms with van der Waals surface area (Å²) in [5, 5.41) is 0. The Morgan fingerprint density at radius 2 is 1.62 bits per heavy atom. The second-order valence-electron chi connectivity index (χ2n) is 6.06. The van der Waals surface area contributed by atoms with E-state index in [1.165, 1.54) is 64.6 Å². The van der Waals surface area contributed by atoms with Gasteiger partial charge in [0.15, 0.2) is 0 Å². The van der Waals surface area contributed by atoms with E-state index in [-0.39, 0.29) is 0 Å². The lowest BCUT2D eigenvalue weighted by molar-refractivity contribution is 0.132. The summed E-state index contributed by atoms with van der Waals surface area (Å²) in [6.07, 6.45) is 11.7. The lowest BCUT2D eigenvalue weighted by Crippen LogP contribution is -2.41. The first kappa shape index (κ1) is 11.0. The summed E-state index contributed by atoms with van der Waals surface area (Å²) in [6.45, 7) is 5.11. The molecule has 2 nitrogen and oxygen atoms in total. The Morgan fingerprint density at radius 1 is 0.875 bits per heavy atom. The Balaban J connectivity index is 1.67. The standard InChI is InChI=1S/C14H26N2/c1-12-14-9-5-6-10-15(14)11-16(12)13-7-3-2-4-8-13/h12-14H,2-11H2,1H3/t12-,14-/m1/s1. The van der Waals surface area contributed by atoms with Crippen LogP contribution in [-0.2, 0) is 0 Å². The summed E-state index contributed by atoms with van der Waals surface area (Å²) >= 11 is 0. The molecule has 0 N–H and O–H groups in total. The largest absolute Gasteiger partial charge is 0.286 e. The van der Waals surface area contributed by atoms with Crippen molar-refractivity contribution in [3.05, 3.63) is 0 Å². The fourth-order valence-electron chi connectivity index (χ4n) is 4.16. The lowest BCUT2D eigenvalue weighted by Gasteiger charge is -2.34. The van der Waals surface area contributed by atoms with E-state index in [1.54, 1.807) is 0 Å². The van der Waals surface area contributed by atoms with Crippen LogP contribution in [0.2, 0.25) is 0 Å². The van der Waals surface area contributed by atoms with Gasteiger partial charge in [-0.25, -0.2) is 0 Å². The van der Waals surface area contributed by atoms with Gasteiger partial charge in [0.25, 0.3) is 0 Å².